The number of ether oxygens (including phenoxy) is 1. The molecule has 3 rings (SSSR count). The van der Waals surface area contributed by atoms with Gasteiger partial charge in [-0.15, -0.1) is 0 Å². The standard InChI is InChI=1S/C21H26N4O3/c1-13(2)11-22-19(26)12-28-20(27)10-9-16-14(3)23-21-17-7-5-6-8-18(17)24-25(21)15(16)4/h5-8,13H,9-12H2,1-4H3,(H,22,26). The lowest BCUT2D eigenvalue weighted by atomic mass is 10.1. The number of hydrogen-bond acceptors (Lipinski definition) is 5. The number of aromatic nitrogens is 3. The van der Waals surface area contributed by atoms with Crippen LogP contribution >= 0.6 is 0 Å². The molecule has 1 N–H and O–H groups in total. The average Bonchev–Trinajstić information content (AvgIpc) is 3.03. The molecule has 28 heavy (non-hydrogen) atoms. The molecule has 3 aromatic rings. The normalized spacial score (nSPS) is 11.3. The van der Waals surface area contributed by atoms with E-state index in [4.69, 9.17) is 9.72 Å². The number of aryl methyl sites for hydroxylation is 2. The summed E-state index contributed by atoms with van der Waals surface area (Å²) in [5.74, 6) is -0.322. The number of carbonyl (C=O) groups is 2. The second kappa shape index (κ2) is 8.37. The van der Waals surface area contributed by atoms with Crippen LogP contribution in [0.5, 0.6) is 0 Å². The zero-order chi connectivity index (χ0) is 20.3. The Kier molecular flexibility index (Phi) is 5.92. The van der Waals surface area contributed by atoms with E-state index < -0.39 is 5.97 Å². The first kappa shape index (κ1) is 19.8. The third-order valence-corrected chi connectivity index (χ3v) is 4.67. The van der Waals surface area contributed by atoms with Gasteiger partial charge in [-0.25, -0.2) is 9.50 Å². The molecule has 7 heteroatoms. The summed E-state index contributed by atoms with van der Waals surface area (Å²) in [6.07, 6.45) is 0.677. The SMILES string of the molecule is Cc1nc2c3ccccc3nn2c(C)c1CCC(=O)OCC(=O)NCC(C)C. The highest BCUT2D eigenvalue weighted by Crippen LogP contribution is 2.22. The van der Waals surface area contributed by atoms with Crippen LogP contribution in [0, 0.1) is 19.8 Å². The van der Waals surface area contributed by atoms with Crippen molar-refractivity contribution < 1.29 is 14.3 Å². The molecule has 1 aromatic carbocycles. The van der Waals surface area contributed by atoms with Crippen molar-refractivity contribution >= 4 is 28.4 Å². The number of benzene rings is 1. The Bertz CT molecular complexity index is 1020. The van der Waals surface area contributed by atoms with Gasteiger partial charge in [-0.3, -0.25) is 9.59 Å². The van der Waals surface area contributed by atoms with Crippen molar-refractivity contribution in [2.24, 2.45) is 5.92 Å². The highest BCUT2D eigenvalue weighted by molar-refractivity contribution is 5.92. The molecule has 0 saturated carbocycles. The lowest BCUT2D eigenvalue weighted by Gasteiger charge is -2.11. The van der Waals surface area contributed by atoms with E-state index in [1.54, 1.807) is 0 Å². The molecule has 0 aliphatic carbocycles. The fourth-order valence-electron chi connectivity index (χ4n) is 3.15. The molecule has 1 amide bonds. The minimum absolute atomic E-state index is 0.188. The second-order valence-electron chi connectivity index (χ2n) is 7.37. The molecule has 2 heterocycles. The predicted molar refractivity (Wildman–Crippen MR) is 107 cm³/mol. The first-order chi connectivity index (χ1) is 13.4. The third kappa shape index (κ3) is 4.30. The molecule has 0 atom stereocenters. The van der Waals surface area contributed by atoms with E-state index in [9.17, 15) is 9.59 Å². The third-order valence-electron chi connectivity index (χ3n) is 4.67. The molecule has 0 spiro atoms. The van der Waals surface area contributed by atoms with Crippen LogP contribution in [0.15, 0.2) is 24.3 Å². The van der Waals surface area contributed by atoms with Gasteiger partial charge in [0.1, 0.15) is 0 Å². The highest BCUT2D eigenvalue weighted by Gasteiger charge is 2.15. The fourth-order valence-corrected chi connectivity index (χ4v) is 3.15. The van der Waals surface area contributed by atoms with E-state index in [2.05, 4.69) is 10.4 Å². The van der Waals surface area contributed by atoms with Gasteiger partial charge in [0.2, 0.25) is 0 Å². The monoisotopic (exact) mass is 382 g/mol. The quantitative estimate of drug-likeness (QED) is 0.635. The van der Waals surface area contributed by atoms with Gasteiger partial charge in [-0.05, 0) is 43.9 Å². The van der Waals surface area contributed by atoms with Crippen LogP contribution in [-0.4, -0.2) is 39.6 Å². The van der Waals surface area contributed by atoms with Crippen molar-refractivity contribution in [1.82, 2.24) is 19.9 Å². The molecule has 0 bridgehead atoms. The first-order valence-corrected chi connectivity index (χ1v) is 9.52. The van der Waals surface area contributed by atoms with E-state index in [0.717, 1.165) is 33.5 Å². The number of carbonyl (C=O) groups excluding carboxylic acids is 2. The van der Waals surface area contributed by atoms with Crippen LogP contribution < -0.4 is 5.32 Å². The number of nitrogens with zero attached hydrogens (tertiary/aromatic N) is 3. The Hall–Kier alpha value is -2.96. The van der Waals surface area contributed by atoms with Crippen LogP contribution in [0.2, 0.25) is 0 Å². The van der Waals surface area contributed by atoms with Crippen molar-refractivity contribution in [1.29, 1.82) is 0 Å². The Labute approximate surface area is 164 Å². The molecule has 0 fully saturated rings. The van der Waals surface area contributed by atoms with Gasteiger partial charge < -0.3 is 10.1 Å². The van der Waals surface area contributed by atoms with Crippen LogP contribution in [0.1, 0.15) is 37.2 Å². The fraction of sp³-hybridized carbons (Fsp3) is 0.429. The lowest BCUT2D eigenvalue weighted by Crippen LogP contribution is -2.31. The molecule has 0 aliphatic rings. The molecule has 7 nitrogen and oxygen atoms in total. The van der Waals surface area contributed by atoms with Crippen molar-refractivity contribution in [2.45, 2.75) is 40.5 Å². The van der Waals surface area contributed by atoms with E-state index in [0.29, 0.717) is 18.9 Å². The Morgan fingerprint density at radius 2 is 1.96 bits per heavy atom. The second-order valence-corrected chi connectivity index (χ2v) is 7.37. The largest absolute Gasteiger partial charge is 0.456 e. The summed E-state index contributed by atoms with van der Waals surface area (Å²) >= 11 is 0. The maximum atomic E-state index is 12.0. The van der Waals surface area contributed by atoms with Gasteiger partial charge in [0.05, 0.1) is 5.52 Å². The van der Waals surface area contributed by atoms with E-state index in [1.165, 1.54) is 0 Å². The van der Waals surface area contributed by atoms with Crippen LogP contribution in [0.3, 0.4) is 0 Å². The smallest absolute Gasteiger partial charge is 0.306 e. The molecule has 148 valence electrons. The Morgan fingerprint density at radius 3 is 2.71 bits per heavy atom. The van der Waals surface area contributed by atoms with Crippen molar-refractivity contribution in [3.8, 4) is 0 Å². The maximum Gasteiger partial charge on any atom is 0.306 e. The molecule has 0 unspecified atom stereocenters. The molecule has 0 aliphatic heterocycles. The highest BCUT2D eigenvalue weighted by atomic mass is 16.5. The minimum Gasteiger partial charge on any atom is -0.456 e. The average molecular weight is 382 g/mol. The van der Waals surface area contributed by atoms with Gasteiger partial charge in [0, 0.05) is 29.7 Å². The first-order valence-electron chi connectivity index (χ1n) is 9.52. The van der Waals surface area contributed by atoms with Gasteiger partial charge >= 0.3 is 5.97 Å². The van der Waals surface area contributed by atoms with Gasteiger partial charge in [0.15, 0.2) is 12.3 Å². The van der Waals surface area contributed by atoms with Crippen molar-refractivity contribution in [3.05, 3.63) is 41.2 Å². The number of hydrogen-bond donors (Lipinski definition) is 1. The van der Waals surface area contributed by atoms with Crippen LogP contribution in [0.25, 0.3) is 16.6 Å². The predicted octanol–water partition coefficient (Wildman–Crippen LogP) is 2.75. The van der Waals surface area contributed by atoms with E-state index in [1.807, 2.05) is 56.5 Å². The zero-order valence-electron chi connectivity index (χ0n) is 16.8. The summed E-state index contributed by atoms with van der Waals surface area (Å²) in [4.78, 5) is 28.4. The Balaban J connectivity index is 1.66. The molecular formula is C21H26N4O3. The number of nitrogens with one attached hydrogen (secondary N) is 1. The van der Waals surface area contributed by atoms with Gasteiger partial charge in [-0.2, -0.15) is 5.10 Å². The summed E-state index contributed by atoms with van der Waals surface area (Å²) in [5, 5.41) is 8.35. The summed E-state index contributed by atoms with van der Waals surface area (Å²) < 4.78 is 6.91. The van der Waals surface area contributed by atoms with E-state index >= 15 is 0 Å². The molecule has 2 aromatic heterocycles. The summed E-state index contributed by atoms with van der Waals surface area (Å²) in [6.45, 7) is 8.25. The molecule has 0 saturated heterocycles. The van der Waals surface area contributed by atoms with Crippen LogP contribution in [-0.2, 0) is 20.7 Å². The van der Waals surface area contributed by atoms with Gasteiger partial charge in [-0.1, -0.05) is 26.0 Å². The van der Waals surface area contributed by atoms with Crippen molar-refractivity contribution in [3.63, 3.8) is 0 Å². The van der Waals surface area contributed by atoms with E-state index in [-0.39, 0.29) is 18.9 Å². The minimum atomic E-state index is -0.399. The number of amides is 1. The summed E-state index contributed by atoms with van der Waals surface area (Å²) in [7, 11) is 0. The lowest BCUT2D eigenvalue weighted by molar-refractivity contribution is -0.148. The molecular weight excluding hydrogens is 356 g/mol. The number of esters is 1. The van der Waals surface area contributed by atoms with Gasteiger partial charge in [0.25, 0.3) is 5.91 Å². The van der Waals surface area contributed by atoms with Crippen LogP contribution in [0.4, 0.5) is 0 Å². The maximum absolute atomic E-state index is 12.0. The Morgan fingerprint density at radius 1 is 1.21 bits per heavy atom. The van der Waals surface area contributed by atoms with Crippen molar-refractivity contribution in [2.75, 3.05) is 13.2 Å². The molecule has 0 radical (unpaired) electrons. The number of rotatable bonds is 7. The summed E-state index contributed by atoms with van der Waals surface area (Å²) in [5.41, 5.74) is 4.51. The summed E-state index contributed by atoms with van der Waals surface area (Å²) in [6, 6.07) is 7.88. The zero-order valence-corrected chi connectivity index (χ0v) is 16.8. The topological polar surface area (TPSA) is 85.6 Å². The number of fused-ring (bicyclic) bond motifs is 3.